The van der Waals surface area contributed by atoms with Gasteiger partial charge in [-0.2, -0.15) is 5.26 Å². The van der Waals surface area contributed by atoms with Gasteiger partial charge in [0.15, 0.2) is 5.16 Å². The van der Waals surface area contributed by atoms with Gasteiger partial charge < -0.3 is 16.4 Å². The number of nitrogens with two attached hydrogens (primary N) is 1. The summed E-state index contributed by atoms with van der Waals surface area (Å²) in [6, 6.07) is 12.2. The van der Waals surface area contributed by atoms with Crippen LogP contribution < -0.4 is 16.4 Å². The lowest BCUT2D eigenvalue weighted by atomic mass is 10.2. The molecule has 3 rings (SSSR count). The van der Waals surface area contributed by atoms with Crippen LogP contribution in [0.2, 0.25) is 0 Å². The van der Waals surface area contributed by atoms with Crippen LogP contribution in [0.1, 0.15) is 15.2 Å². The first-order valence-corrected chi connectivity index (χ1v) is 9.82. The number of aromatic nitrogens is 2. The van der Waals surface area contributed by atoms with Gasteiger partial charge in [-0.3, -0.25) is 9.59 Å². The minimum atomic E-state index is -0.244. The lowest BCUT2D eigenvalue weighted by molar-refractivity contribution is -0.113. The first-order valence-electron chi connectivity index (χ1n) is 7.95. The molecule has 2 heterocycles. The molecule has 0 aliphatic heterocycles. The highest BCUT2D eigenvalue weighted by molar-refractivity contribution is 7.99. The third-order valence-electron chi connectivity index (χ3n) is 3.42. The van der Waals surface area contributed by atoms with Crippen molar-refractivity contribution >= 4 is 52.1 Å². The van der Waals surface area contributed by atoms with Crippen LogP contribution >= 0.6 is 23.1 Å². The standard InChI is InChI=1S/C18H14N6O2S2/c19-8-11-9-21-18(24-16(11)20)28-10-15(25)22-12-3-5-13(6-4-12)23-17(26)14-2-1-7-27-14/h1-7,9H,10H2,(H,22,25)(H,23,26)(H2,20,21,24). The Morgan fingerprint density at radius 3 is 2.50 bits per heavy atom. The Morgan fingerprint density at radius 1 is 1.18 bits per heavy atom. The van der Waals surface area contributed by atoms with Crippen molar-refractivity contribution in [2.24, 2.45) is 0 Å². The molecular formula is C18H14N6O2S2. The van der Waals surface area contributed by atoms with E-state index in [1.807, 2.05) is 17.5 Å². The summed E-state index contributed by atoms with van der Waals surface area (Å²) in [5, 5.41) is 16.5. The topological polar surface area (TPSA) is 134 Å². The molecule has 0 unspecified atom stereocenters. The lowest BCUT2D eigenvalue weighted by Gasteiger charge is -2.07. The fraction of sp³-hybridized carbons (Fsp3) is 0.0556. The molecule has 140 valence electrons. The third-order valence-corrected chi connectivity index (χ3v) is 5.15. The number of nitrogens with zero attached hydrogens (tertiary/aromatic N) is 3. The highest BCUT2D eigenvalue weighted by Crippen LogP contribution is 2.18. The summed E-state index contributed by atoms with van der Waals surface area (Å²) in [7, 11) is 0. The van der Waals surface area contributed by atoms with Gasteiger partial charge in [-0.25, -0.2) is 9.97 Å². The van der Waals surface area contributed by atoms with Crippen molar-refractivity contribution in [3.05, 3.63) is 58.4 Å². The quantitative estimate of drug-likeness (QED) is 0.420. The van der Waals surface area contributed by atoms with Crippen molar-refractivity contribution in [2.75, 3.05) is 22.1 Å². The second-order valence-corrected chi connectivity index (χ2v) is 7.30. The largest absolute Gasteiger partial charge is 0.382 e. The number of nitriles is 1. The summed E-state index contributed by atoms with van der Waals surface area (Å²) in [6.45, 7) is 0. The highest BCUT2D eigenvalue weighted by atomic mass is 32.2. The molecule has 4 N–H and O–H groups in total. The molecule has 0 fully saturated rings. The number of hydrogen-bond acceptors (Lipinski definition) is 8. The zero-order valence-corrected chi connectivity index (χ0v) is 16.0. The molecule has 0 saturated carbocycles. The van der Waals surface area contributed by atoms with Crippen LogP contribution in [0, 0.1) is 11.3 Å². The van der Waals surface area contributed by atoms with E-state index in [2.05, 4.69) is 20.6 Å². The van der Waals surface area contributed by atoms with Crippen LogP contribution in [-0.2, 0) is 4.79 Å². The lowest BCUT2D eigenvalue weighted by Crippen LogP contribution is -2.14. The number of nitrogen functional groups attached to an aromatic ring is 1. The normalized spacial score (nSPS) is 10.1. The van der Waals surface area contributed by atoms with Gasteiger partial charge >= 0.3 is 0 Å². The van der Waals surface area contributed by atoms with E-state index in [0.717, 1.165) is 11.8 Å². The molecule has 3 aromatic rings. The van der Waals surface area contributed by atoms with Crippen molar-refractivity contribution in [1.82, 2.24) is 9.97 Å². The number of thioether (sulfide) groups is 1. The summed E-state index contributed by atoms with van der Waals surface area (Å²) in [5.74, 6) is -0.250. The number of nitrogens with one attached hydrogen (secondary N) is 2. The van der Waals surface area contributed by atoms with Crippen LogP contribution in [0.3, 0.4) is 0 Å². The number of thiophene rings is 1. The first-order chi connectivity index (χ1) is 13.5. The van der Waals surface area contributed by atoms with E-state index < -0.39 is 0 Å². The number of amides is 2. The second kappa shape index (κ2) is 8.98. The van der Waals surface area contributed by atoms with Gasteiger partial charge in [0, 0.05) is 11.4 Å². The average molecular weight is 410 g/mol. The van der Waals surface area contributed by atoms with E-state index >= 15 is 0 Å². The van der Waals surface area contributed by atoms with Crippen molar-refractivity contribution in [1.29, 1.82) is 5.26 Å². The summed E-state index contributed by atoms with van der Waals surface area (Å²) in [5.41, 5.74) is 7.05. The predicted octanol–water partition coefficient (Wildman–Crippen LogP) is 2.98. The SMILES string of the molecule is N#Cc1cnc(SCC(=O)Nc2ccc(NC(=O)c3cccs3)cc2)nc1N. The van der Waals surface area contributed by atoms with Crippen LogP contribution in [0.4, 0.5) is 17.2 Å². The number of benzene rings is 1. The fourth-order valence-corrected chi connectivity index (χ4v) is 3.34. The highest BCUT2D eigenvalue weighted by Gasteiger charge is 2.09. The Bertz CT molecular complexity index is 1030. The van der Waals surface area contributed by atoms with Gasteiger partial charge in [0.1, 0.15) is 17.5 Å². The van der Waals surface area contributed by atoms with E-state index in [4.69, 9.17) is 11.0 Å². The Labute approximate surface area is 168 Å². The molecule has 0 aliphatic rings. The second-order valence-electron chi connectivity index (χ2n) is 5.41. The molecule has 1 aromatic carbocycles. The molecule has 0 spiro atoms. The third kappa shape index (κ3) is 5.06. The number of rotatable bonds is 6. The molecule has 0 aliphatic carbocycles. The number of carbonyl (C=O) groups excluding carboxylic acids is 2. The van der Waals surface area contributed by atoms with Crippen LogP contribution in [0.25, 0.3) is 0 Å². The molecular weight excluding hydrogens is 396 g/mol. The smallest absolute Gasteiger partial charge is 0.265 e. The molecule has 0 saturated heterocycles. The zero-order valence-electron chi connectivity index (χ0n) is 14.4. The molecule has 2 amide bonds. The van der Waals surface area contributed by atoms with Crippen LogP contribution in [0.15, 0.2) is 53.1 Å². The number of anilines is 3. The summed E-state index contributed by atoms with van der Waals surface area (Å²) < 4.78 is 0. The van der Waals surface area contributed by atoms with Gasteiger partial charge in [-0.15, -0.1) is 11.3 Å². The monoisotopic (exact) mass is 410 g/mol. The van der Waals surface area contributed by atoms with Gasteiger partial charge in [-0.05, 0) is 35.7 Å². The van der Waals surface area contributed by atoms with Gasteiger partial charge in [0.05, 0.1) is 16.8 Å². The maximum atomic E-state index is 12.1. The number of carbonyl (C=O) groups is 2. The van der Waals surface area contributed by atoms with Crippen molar-refractivity contribution in [2.45, 2.75) is 5.16 Å². The van der Waals surface area contributed by atoms with Crippen molar-refractivity contribution in [3.63, 3.8) is 0 Å². The molecule has 0 radical (unpaired) electrons. The Morgan fingerprint density at radius 2 is 1.89 bits per heavy atom. The maximum Gasteiger partial charge on any atom is 0.265 e. The van der Waals surface area contributed by atoms with Crippen LogP contribution in [-0.4, -0.2) is 27.5 Å². The molecule has 2 aromatic heterocycles. The van der Waals surface area contributed by atoms with Crippen molar-refractivity contribution in [3.8, 4) is 6.07 Å². The van der Waals surface area contributed by atoms with Gasteiger partial charge in [0.25, 0.3) is 5.91 Å². The van der Waals surface area contributed by atoms with Crippen LogP contribution in [0.5, 0.6) is 0 Å². The predicted molar refractivity (Wildman–Crippen MR) is 109 cm³/mol. The average Bonchev–Trinajstić information content (AvgIpc) is 3.23. The maximum absolute atomic E-state index is 12.1. The minimum absolute atomic E-state index is 0.0839. The van der Waals surface area contributed by atoms with E-state index in [0.29, 0.717) is 21.4 Å². The Balaban J connectivity index is 1.51. The van der Waals surface area contributed by atoms with Gasteiger partial charge in [0.2, 0.25) is 5.91 Å². The first kappa shape index (κ1) is 19.3. The molecule has 28 heavy (non-hydrogen) atoms. The van der Waals surface area contributed by atoms with E-state index in [1.165, 1.54) is 17.5 Å². The van der Waals surface area contributed by atoms with E-state index in [-0.39, 0.29) is 28.9 Å². The minimum Gasteiger partial charge on any atom is -0.382 e. The summed E-state index contributed by atoms with van der Waals surface area (Å²) >= 11 is 2.47. The molecule has 0 atom stereocenters. The molecule has 0 bridgehead atoms. The zero-order chi connectivity index (χ0) is 19.9. The Kier molecular flexibility index (Phi) is 6.21. The fourth-order valence-electron chi connectivity index (χ4n) is 2.10. The van der Waals surface area contributed by atoms with Crippen molar-refractivity contribution < 1.29 is 9.59 Å². The van der Waals surface area contributed by atoms with E-state index in [9.17, 15) is 9.59 Å². The summed E-state index contributed by atoms with van der Waals surface area (Å²) in [6.07, 6.45) is 1.33. The Hall–Kier alpha value is -3.42. The van der Waals surface area contributed by atoms with Gasteiger partial charge in [-0.1, -0.05) is 17.8 Å². The summed E-state index contributed by atoms with van der Waals surface area (Å²) in [4.78, 5) is 32.7. The number of hydrogen-bond donors (Lipinski definition) is 3. The molecule has 10 heteroatoms. The molecule has 8 nitrogen and oxygen atoms in total. The van der Waals surface area contributed by atoms with E-state index in [1.54, 1.807) is 30.3 Å².